The summed E-state index contributed by atoms with van der Waals surface area (Å²) >= 11 is 0. The first-order chi connectivity index (χ1) is 10.2. The Hall–Kier alpha value is -1.81. The predicted octanol–water partition coefficient (Wildman–Crippen LogP) is 2.39. The quantitative estimate of drug-likeness (QED) is 0.917. The van der Waals surface area contributed by atoms with Gasteiger partial charge in [-0.2, -0.15) is 0 Å². The minimum Gasteiger partial charge on any atom is -0.497 e. The van der Waals surface area contributed by atoms with Crippen LogP contribution in [0.5, 0.6) is 5.75 Å². The van der Waals surface area contributed by atoms with E-state index in [4.69, 9.17) is 4.74 Å². The first-order valence-electron chi connectivity index (χ1n) is 7.55. The Morgan fingerprint density at radius 3 is 2.81 bits per heavy atom. The number of nitrogens with zero attached hydrogens (tertiary/aromatic N) is 2. The molecule has 21 heavy (non-hydrogen) atoms. The fourth-order valence-corrected chi connectivity index (χ4v) is 3.08. The van der Waals surface area contributed by atoms with E-state index in [1.54, 1.807) is 7.11 Å². The minimum atomic E-state index is 0.219. The second-order valence-electron chi connectivity index (χ2n) is 6.06. The van der Waals surface area contributed by atoms with Crippen LogP contribution in [0.15, 0.2) is 36.8 Å². The van der Waals surface area contributed by atoms with Crippen molar-refractivity contribution < 1.29 is 4.74 Å². The second-order valence-corrected chi connectivity index (χ2v) is 6.06. The van der Waals surface area contributed by atoms with Crippen LogP contribution in [0.1, 0.15) is 24.6 Å². The van der Waals surface area contributed by atoms with E-state index in [9.17, 15) is 0 Å². The van der Waals surface area contributed by atoms with Gasteiger partial charge in [0.15, 0.2) is 0 Å². The molecule has 1 unspecified atom stereocenters. The largest absolute Gasteiger partial charge is 0.497 e. The van der Waals surface area contributed by atoms with Gasteiger partial charge in [-0.15, -0.1) is 0 Å². The van der Waals surface area contributed by atoms with Crippen LogP contribution >= 0.6 is 0 Å². The lowest BCUT2D eigenvalue weighted by molar-refractivity contribution is 0.414. The molecule has 1 atom stereocenters. The summed E-state index contributed by atoms with van der Waals surface area (Å²) in [5.74, 6) is 0.909. The number of hydrogen-bond acceptors (Lipinski definition) is 3. The van der Waals surface area contributed by atoms with Crippen molar-refractivity contribution in [1.29, 1.82) is 0 Å². The zero-order valence-electron chi connectivity index (χ0n) is 12.8. The highest BCUT2D eigenvalue weighted by Crippen LogP contribution is 2.29. The molecule has 1 aliphatic rings. The van der Waals surface area contributed by atoms with Crippen molar-refractivity contribution in [2.45, 2.75) is 31.7 Å². The fourth-order valence-electron chi connectivity index (χ4n) is 3.08. The van der Waals surface area contributed by atoms with E-state index in [1.807, 2.05) is 24.7 Å². The normalized spacial score (nSPS) is 21.6. The maximum Gasteiger partial charge on any atom is 0.118 e. The third kappa shape index (κ3) is 2.95. The van der Waals surface area contributed by atoms with Crippen molar-refractivity contribution in [3.63, 3.8) is 0 Å². The van der Waals surface area contributed by atoms with Gasteiger partial charge in [0.25, 0.3) is 0 Å². The summed E-state index contributed by atoms with van der Waals surface area (Å²) in [5.41, 5.74) is 2.89. The van der Waals surface area contributed by atoms with E-state index in [1.165, 1.54) is 17.7 Å². The van der Waals surface area contributed by atoms with Gasteiger partial charge in [0.2, 0.25) is 0 Å². The summed E-state index contributed by atoms with van der Waals surface area (Å²) in [6.07, 6.45) is 6.18. The zero-order valence-corrected chi connectivity index (χ0v) is 12.8. The molecular formula is C17H23N3O. The Morgan fingerprint density at radius 2 is 2.14 bits per heavy atom. The lowest BCUT2D eigenvalue weighted by Gasteiger charge is -2.24. The monoisotopic (exact) mass is 285 g/mol. The minimum absolute atomic E-state index is 0.219. The number of imidazole rings is 1. The van der Waals surface area contributed by atoms with Gasteiger partial charge in [-0.05, 0) is 37.1 Å². The van der Waals surface area contributed by atoms with Crippen molar-refractivity contribution >= 4 is 0 Å². The van der Waals surface area contributed by atoms with Crippen LogP contribution in [0.3, 0.4) is 0 Å². The number of rotatable bonds is 5. The van der Waals surface area contributed by atoms with E-state index in [0.717, 1.165) is 31.8 Å². The van der Waals surface area contributed by atoms with Gasteiger partial charge in [0, 0.05) is 30.4 Å². The van der Waals surface area contributed by atoms with Gasteiger partial charge in [0.05, 0.1) is 13.4 Å². The van der Waals surface area contributed by atoms with Crippen LogP contribution in [0, 0.1) is 0 Å². The summed E-state index contributed by atoms with van der Waals surface area (Å²) < 4.78 is 7.50. The van der Waals surface area contributed by atoms with Gasteiger partial charge in [-0.3, -0.25) is 0 Å². The number of methoxy groups -OCH3 is 1. The molecule has 2 heterocycles. The first kappa shape index (κ1) is 14.1. The average molecular weight is 285 g/mol. The van der Waals surface area contributed by atoms with E-state index in [-0.39, 0.29) is 5.41 Å². The highest BCUT2D eigenvalue weighted by atomic mass is 16.5. The maximum atomic E-state index is 5.20. The van der Waals surface area contributed by atoms with Crippen molar-refractivity contribution in [1.82, 2.24) is 14.9 Å². The van der Waals surface area contributed by atoms with Crippen molar-refractivity contribution in [3.8, 4) is 5.75 Å². The lowest BCUT2D eigenvalue weighted by atomic mass is 9.86. The smallest absolute Gasteiger partial charge is 0.118 e. The number of aromatic nitrogens is 2. The Balaban J connectivity index is 1.69. The van der Waals surface area contributed by atoms with Crippen LogP contribution in [0.2, 0.25) is 0 Å². The lowest BCUT2D eigenvalue weighted by Crippen LogP contribution is -2.28. The van der Waals surface area contributed by atoms with Gasteiger partial charge >= 0.3 is 0 Å². The van der Waals surface area contributed by atoms with Crippen LogP contribution in [0.4, 0.5) is 0 Å². The first-order valence-corrected chi connectivity index (χ1v) is 7.55. The summed E-state index contributed by atoms with van der Waals surface area (Å²) in [6.45, 7) is 5.44. The average Bonchev–Trinajstić information content (AvgIpc) is 3.15. The van der Waals surface area contributed by atoms with Crippen molar-refractivity contribution in [2.75, 3.05) is 20.2 Å². The Bertz CT molecular complexity index is 582. The molecule has 0 bridgehead atoms. The molecule has 1 saturated heterocycles. The molecule has 1 fully saturated rings. The topological polar surface area (TPSA) is 39.1 Å². The van der Waals surface area contributed by atoms with E-state index in [2.05, 4.69) is 33.9 Å². The molecule has 0 amide bonds. The highest BCUT2D eigenvalue weighted by molar-refractivity contribution is 5.27. The number of ether oxygens (including phenoxy) is 1. The molecule has 0 saturated carbocycles. The van der Waals surface area contributed by atoms with Crippen LogP contribution < -0.4 is 10.1 Å². The molecule has 1 aromatic carbocycles. The third-order valence-corrected chi connectivity index (χ3v) is 4.50. The molecule has 4 heteroatoms. The van der Waals surface area contributed by atoms with Crippen LogP contribution in [0.25, 0.3) is 0 Å². The molecule has 3 rings (SSSR count). The summed E-state index contributed by atoms with van der Waals surface area (Å²) in [7, 11) is 1.70. The molecule has 0 aliphatic carbocycles. The summed E-state index contributed by atoms with van der Waals surface area (Å²) in [4.78, 5) is 4.37. The molecule has 0 spiro atoms. The third-order valence-electron chi connectivity index (χ3n) is 4.50. The number of benzene rings is 1. The molecular weight excluding hydrogens is 262 g/mol. The molecule has 1 aromatic heterocycles. The number of nitrogens with one attached hydrogen (secondary N) is 1. The SMILES string of the molecule is COc1ccc(CCn2cncc2C2(C)CCNC2)cc1. The molecule has 112 valence electrons. The number of aryl methyl sites for hydroxylation is 2. The van der Waals surface area contributed by atoms with Crippen LogP contribution in [-0.4, -0.2) is 29.8 Å². The molecule has 1 aliphatic heterocycles. The molecule has 4 nitrogen and oxygen atoms in total. The molecule has 2 aromatic rings. The van der Waals surface area contributed by atoms with Crippen LogP contribution in [-0.2, 0) is 18.4 Å². The Labute approximate surface area is 126 Å². The Kier molecular flexibility index (Phi) is 3.97. The highest BCUT2D eigenvalue weighted by Gasteiger charge is 2.33. The van der Waals surface area contributed by atoms with Crippen molar-refractivity contribution in [3.05, 3.63) is 48.0 Å². The van der Waals surface area contributed by atoms with Gasteiger partial charge in [-0.25, -0.2) is 4.98 Å². The number of hydrogen-bond donors (Lipinski definition) is 1. The Morgan fingerprint density at radius 1 is 1.33 bits per heavy atom. The standard InChI is InChI=1S/C17H23N3O/c1-17(8-9-18-12-17)16-11-19-13-20(16)10-7-14-3-5-15(21-2)6-4-14/h3-6,11,13,18H,7-10,12H2,1-2H3. The van der Waals surface area contributed by atoms with E-state index in [0.29, 0.717) is 0 Å². The fraction of sp³-hybridized carbons (Fsp3) is 0.471. The second kappa shape index (κ2) is 5.90. The van der Waals surface area contributed by atoms with Gasteiger partial charge in [0.1, 0.15) is 5.75 Å². The zero-order chi connectivity index (χ0) is 14.7. The maximum absolute atomic E-state index is 5.20. The molecule has 1 N–H and O–H groups in total. The van der Waals surface area contributed by atoms with Crippen molar-refractivity contribution in [2.24, 2.45) is 0 Å². The van der Waals surface area contributed by atoms with E-state index >= 15 is 0 Å². The summed E-state index contributed by atoms with van der Waals surface area (Å²) in [6, 6.07) is 8.31. The van der Waals surface area contributed by atoms with Gasteiger partial charge < -0.3 is 14.6 Å². The summed E-state index contributed by atoms with van der Waals surface area (Å²) in [5, 5.41) is 3.46. The molecule has 0 radical (unpaired) electrons. The van der Waals surface area contributed by atoms with E-state index < -0.39 is 0 Å². The van der Waals surface area contributed by atoms with Gasteiger partial charge in [-0.1, -0.05) is 19.1 Å². The predicted molar refractivity (Wildman–Crippen MR) is 83.8 cm³/mol.